The van der Waals surface area contributed by atoms with Gasteiger partial charge in [0, 0.05) is 11.3 Å². The number of nitrogens with one attached hydrogen (secondary N) is 1. The predicted octanol–water partition coefficient (Wildman–Crippen LogP) is 3.68. The van der Waals surface area contributed by atoms with E-state index in [-0.39, 0.29) is 16.9 Å². The molecule has 23 heavy (non-hydrogen) atoms. The summed E-state index contributed by atoms with van der Waals surface area (Å²) in [6, 6.07) is 5.34. The molecule has 2 rings (SSSR count). The maximum Gasteiger partial charge on any atom is 0.266 e. The minimum absolute atomic E-state index is 0.0790. The molecule has 1 aromatic carbocycles. The highest BCUT2D eigenvalue weighted by molar-refractivity contribution is 5.72. The molecule has 6 heteroatoms. The molecule has 0 radical (unpaired) electrons. The fourth-order valence-electron chi connectivity index (χ4n) is 2.22. The molecule has 0 bridgehead atoms. The molecule has 0 fully saturated rings. The minimum Gasteiger partial charge on any atom is -0.490 e. The monoisotopic (exact) mass is 318 g/mol. The first-order valence-electron chi connectivity index (χ1n) is 7.24. The number of H-pyrrole nitrogens is 1. The van der Waals surface area contributed by atoms with Crippen LogP contribution in [-0.4, -0.2) is 11.6 Å². The zero-order chi connectivity index (χ0) is 17.0. The molecule has 1 aromatic heterocycles. The zero-order valence-corrected chi connectivity index (χ0v) is 12.9. The third kappa shape index (κ3) is 3.39. The molecule has 0 unspecified atom stereocenters. The van der Waals surface area contributed by atoms with Crippen LogP contribution >= 0.6 is 0 Å². The molecule has 0 spiro atoms. The average Bonchev–Trinajstić information content (AvgIpc) is 2.49. The van der Waals surface area contributed by atoms with Crippen LogP contribution in [0.25, 0.3) is 11.1 Å². The van der Waals surface area contributed by atoms with Crippen molar-refractivity contribution in [3.05, 3.63) is 51.4 Å². The van der Waals surface area contributed by atoms with E-state index in [0.29, 0.717) is 12.3 Å². The van der Waals surface area contributed by atoms with Crippen molar-refractivity contribution >= 4 is 0 Å². The summed E-state index contributed by atoms with van der Waals surface area (Å²) in [5.41, 5.74) is -1.12. The minimum atomic E-state index is -0.914. The topological polar surface area (TPSA) is 65.9 Å². The van der Waals surface area contributed by atoms with Crippen molar-refractivity contribution in [3.8, 4) is 22.9 Å². The number of nitrogens with zero attached hydrogens (tertiary/aromatic N) is 1. The van der Waals surface area contributed by atoms with E-state index < -0.39 is 22.8 Å². The first-order valence-corrected chi connectivity index (χ1v) is 7.24. The van der Waals surface area contributed by atoms with E-state index in [2.05, 4.69) is 4.98 Å². The standard InChI is InChI=1S/C17H16F2N2O2/c1-3-4-7-23-14-6-5-13(18)15(16(14)19)11-8-10(2)21-17(22)12(11)9-20/h5-6,8H,3-4,7H2,1-2H3,(H,21,22). The molecule has 1 heterocycles. The highest BCUT2D eigenvalue weighted by Gasteiger charge is 2.21. The summed E-state index contributed by atoms with van der Waals surface area (Å²) in [5.74, 6) is -1.87. The van der Waals surface area contributed by atoms with E-state index >= 15 is 0 Å². The summed E-state index contributed by atoms with van der Waals surface area (Å²) in [6.45, 7) is 3.84. The molecule has 0 aliphatic rings. The van der Waals surface area contributed by atoms with Gasteiger partial charge in [-0.15, -0.1) is 0 Å². The van der Waals surface area contributed by atoms with Gasteiger partial charge in [0.1, 0.15) is 17.4 Å². The van der Waals surface area contributed by atoms with Gasteiger partial charge >= 0.3 is 0 Å². The smallest absolute Gasteiger partial charge is 0.266 e. The number of rotatable bonds is 5. The summed E-state index contributed by atoms with van der Waals surface area (Å²) >= 11 is 0. The van der Waals surface area contributed by atoms with Gasteiger partial charge in [-0.3, -0.25) is 4.79 Å². The summed E-state index contributed by atoms with van der Waals surface area (Å²) in [6.07, 6.45) is 1.61. The number of aromatic amines is 1. The lowest BCUT2D eigenvalue weighted by Gasteiger charge is -2.12. The van der Waals surface area contributed by atoms with E-state index in [1.54, 1.807) is 13.0 Å². The molecule has 0 saturated heterocycles. The first-order chi connectivity index (χ1) is 11.0. The number of pyridine rings is 1. The molecule has 4 nitrogen and oxygen atoms in total. The molecule has 0 saturated carbocycles. The Labute approximate surface area is 132 Å². The van der Waals surface area contributed by atoms with Gasteiger partial charge in [-0.25, -0.2) is 8.78 Å². The number of nitriles is 1. The van der Waals surface area contributed by atoms with Gasteiger partial charge in [-0.1, -0.05) is 13.3 Å². The third-order valence-corrected chi connectivity index (χ3v) is 3.36. The first kappa shape index (κ1) is 16.7. The van der Waals surface area contributed by atoms with E-state index in [9.17, 15) is 13.6 Å². The Kier molecular flexibility index (Phi) is 5.12. The number of hydrogen-bond donors (Lipinski definition) is 1. The number of benzene rings is 1. The largest absolute Gasteiger partial charge is 0.490 e. The second kappa shape index (κ2) is 7.05. The maximum atomic E-state index is 14.6. The van der Waals surface area contributed by atoms with Crippen LogP contribution in [0, 0.1) is 29.9 Å². The third-order valence-electron chi connectivity index (χ3n) is 3.36. The van der Waals surface area contributed by atoms with Crippen molar-refractivity contribution in [2.75, 3.05) is 6.61 Å². The highest BCUT2D eigenvalue weighted by Crippen LogP contribution is 2.33. The number of aryl methyl sites for hydroxylation is 1. The molecule has 0 atom stereocenters. The molecule has 2 aromatic rings. The Morgan fingerprint density at radius 3 is 2.74 bits per heavy atom. The van der Waals surface area contributed by atoms with Crippen LogP contribution < -0.4 is 10.3 Å². The lowest BCUT2D eigenvalue weighted by Crippen LogP contribution is -2.13. The average molecular weight is 318 g/mol. The number of unbranched alkanes of at least 4 members (excludes halogenated alkanes) is 1. The van der Waals surface area contributed by atoms with Crippen LogP contribution in [0.15, 0.2) is 23.0 Å². The Hall–Kier alpha value is -2.68. The summed E-state index contributed by atoms with van der Waals surface area (Å²) in [7, 11) is 0. The van der Waals surface area contributed by atoms with Crippen molar-refractivity contribution in [2.24, 2.45) is 0 Å². The van der Waals surface area contributed by atoms with Crippen LogP contribution in [0.4, 0.5) is 8.78 Å². The van der Waals surface area contributed by atoms with Gasteiger partial charge in [0.05, 0.1) is 12.2 Å². The highest BCUT2D eigenvalue weighted by atomic mass is 19.1. The Balaban J connectivity index is 2.62. The van der Waals surface area contributed by atoms with Crippen LogP contribution in [0.5, 0.6) is 5.75 Å². The van der Waals surface area contributed by atoms with Crippen LogP contribution in [0.3, 0.4) is 0 Å². The number of halogens is 2. The number of hydrogen-bond acceptors (Lipinski definition) is 3. The summed E-state index contributed by atoms with van der Waals surface area (Å²) in [5, 5.41) is 9.13. The van der Waals surface area contributed by atoms with Gasteiger partial charge in [0.2, 0.25) is 0 Å². The Morgan fingerprint density at radius 2 is 2.09 bits per heavy atom. The van der Waals surface area contributed by atoms with Crippen molar-refractivity contribution in [2.45, 2.75) is 26.7 Å². The SMILES string of the molecule is CCCCOc1ccc(F)c(-c2cc(C)[nH]c(=O)c2C#N)c1F. The van der Waals surface area contributed by atoms with Crippen molar-refractivity contribution < 1.29 is 13.5 Å². The van der Waals surface area contributed by atoms with E-state index in [1.807, 2.05) is 6.92 Å². The van der Waals surface area contributed by atoms with E-state index in [0.717, 1.165) is 18.9 Å². The Morgan fingerprint density at radius 1 is 1.35 bits per heavy atom. The summed E-state index contributed by atoms with van der Waals surface area (Å²) in [4.78, 5) is 14.3. The quantitative estimate of drug-likeness (QED) is 0.855. The Bertz CT molecular complexity index is 823. The van der Waals surface area contributed by atoms with Gasteiger partial charge < -0.3 is 9.72 Å². The van der Waals surface area contributed by atoms with Crippen LogP contribution in [-0.2, 0) is 0 Å². The maximum absolute atomic E-state index is 14.6. The molecular weight excluding hydrogens is 302 g/mol. The molecule has 0 aliphatic heterocycles. The molecule has 0 amide bonds. The van der Waals surface area contributed by atoms with Crippen molar-refractivity contribution in [3.63, 3.8) is 0 Å². The second-order valence-corrected chi connectivity index (χ2v) is 5.12. The fraction of sp³-hybridized carbons (Fsp3) is 0.294. The number of ether oxygens (including phenoxy) is 1. The van der Waals surface area contributed by atoms with Gasteiger partial charge in [0.25, 0.3) is 5.56 Å². The van der Waals surface area contributed by atoms with Crippen molar-refractivity contribution in [1.29, 1.82) is 5.26 Å². The lowest BCUT2D eigenvalue weighted by molar-refractivity contribution is 0.294. The molecular formula is C17H16F2N2O2. The van der Waals surface area contributed by atoms with Crippen LogP contribution in [0.1, 0.15) is 31.0 Å². The van der Waals surface area contributed by atoms with Gasteiger partial charge in [0.15, 0.2) is 11.6 Å². The zero-order valence-electron chi connectivity index (χ0n) is 12.9. The summed E-state index contributed by atoms with van der Waals surface area (Å²) < 4.78 is 34.1. The normalized spacial score (nSPS) is 10.4. The lowest BCUT2D eigenvalue weighted by atomic mass is 9.99. The second-order valence-electron chi connectivity index (χ2n) is 5.12. The fourth-order valence-corrected chi connectivity index (χ4v) is 2.22. The van der Waals surface area contributed by atoms with E-state index in [1.165, 1.54) is 12.1 Å². The van der Waals surface area contributed by atoms with Gasteiger partial charge in [-0.05, 0) is 31.5 Å². The predicted molar refractivity (Wildman–Crippen MR) is 82.3 cm³/mol. The molecule has 0 aliphatic carbocycles. The van der Waals surface area contributed by atoms with E-state index in [4.69, 9.17) is 10.00 Å². The molecule has 120 valence electrons. The van der Waals surface area contributed by atoms with Crippen molar-refractivity contribution in [1.82, 2.24) is 4.98 Å². The molecule has 1 N–H and O–H groups in total. The van der Waals surface area contributed by atoms with Gasteiger partial charge in [-0.2, -0.15) is 5.26 Å². The van der Waals surface area contributed by atoms with Crippen LogP contribution in [0.2, 0.25) is 0 Å². The number of aromatic nitrogens is 1.